The molecule has 1 aliphatic rings. The van der Waals surface area contributed by atoms with E-state index in [1.807, 2.05) is 19.1 Å². The largest absolute Gasteiger partial charge is 0.399 e. The lowest BCUT2D eigenvalue weighted by Gasteiger charge is -2.07. The minimum Gasteiger partial charge on any atom is -0.399 e. The van der Waals surface area contributed by atoms with Crippen molar-refractivity contribution in [3.8, 4) is 0 Å². The van der Waals surface area contributed by atoms with E-state index in [4.69, 9.17) is 5.73 Å². The Morgan fingerprint density at radius 3 is 2.52 bits per heavy atom. The smallest absolute Gasteiger partial charge is 0.0384 e. The molecular formula is C19H22N2. The molecule has 21 heavy (non-hydrogen) atoms. The number of nitrogens with one attached hydrogen (secondary N) is 1. The second-order valence-electron chi connectivity index (χ2n) is 5.43. The first-order valence-corrected chi connectivity index (χ1v) is 7.15. The van der Waals surface area contributed by atoms with Crippen LogP contribution in [0, 0.1) is 0 Å². The Kier molecular flexibility index (Phi) is 4.86. The molecule has 2 rings (SSSR count). The van der Waals surface area contributed by atoms with Gasteiger partial charge in [-0.2, -0.15) is 0 Å². The maximum absolute atomic E-state index is 5.95. The Balaban J connectivity index is 1.97. The van der Waals surface area contributed by atoms with Crippen LogP contribution in [0.15, 0.2) is 78.3 Å². The van der Waals surface area contributed by atoms with E-state index in [2.05, 4.69) is 48.5 Å². The predicted molar refractivity (Wildman–Crippen MR) is 90.9 cm³/mol. The molecular weight excluding hydrogens is 256 g/mol. The van der Waals surface area contributed by atoms with E-state index < -0.39 is 0 Å². The van der Waals surface area contributed by atoms with Gasteiger partial charge in [0.25, 0.3) is 0 Å². The lowest BCUT2D eigenvalue weighted by Crippen LogP contribution is -2.00. The van der Waals surface area contributed by atoms with Crippen molar-refractivity contribution in [3.05, 3.63) is 83.9 Å². The lowest BCUT2D eigenvalue weighted by molar-refractivity contribution is 1.13. The van der Waals surface area contributed by atoms with Crippen LogP contribution in [0.4, 0.5) is 5.69 Å². The Morgan fingerprint density at radius 2 is 1.95 bits per heavy atom. The van der Waals surface area contributed by atoms with Gasteiger partial charge in [0.05, 0.1) is 0 Å². The molecule has 0 aliphatic heterocycles. The Labute approximate surface area is 127 Å². The Hall–Kier alpha value is -2.44. The van der Waals surface area contributed by atoms with Gasteiger partial charge in [-0.25, -0.2) is 0 Å². The van der Waals surface area contributed by atoms with Gasteiger partial charge in [-0.3, -0.25) is 0 Å². The monoisotopic (exact) mass is 278 g/mol. The molecule has 0 amide bonds. The highest BCUT2D eigenvalue weighted by Crippen LogP contribution is 2.40. The number of nitrogens with two attached hydrogens (primary N) is 1. The molecule has 0 heterocycles. The van der Waals surface area contributed by atoms with Crippen LogP contribution in [0.25, 0.3) is 0 Å². The van der Waals surface area contributed by atoms with Crippen LogP contribution >= 0.6 is 0 Å². The van der Waals surface area contributed by atoms with Gasteiger partial charge in [0.1, 0.15) is 0 Å². The summed E-state index contributed by atoms with van der Waals surface area (Å²) >= 11 is 0. The third kappa shape index (κ3) is 4.87. The fraction of sp³-hybridized carbons (Fsp3) is 0.211. The molecule has 1 aliphatic carbocycles. The van der Waals surface area contributed by atoms with E-state index in [1.165, 1.54) is 18.4 Å². The number of benzene rings is 1. The van der Waals surface area contributed by atoms with Crippen molar-refractivity contribution in [2.75, 3.05) is 5.32 Å². The van der Waals surface area contributed by atoms with Gasteiger partial charge < -0.3 is 11.1 Å². The third-order valence-corrected chi connectivity index (χ3v) is 3.33. The van der Waals surface area contributed by atoms with Crippen LogP contribution in [0.3, 0.4) is 0 Å². The summed E-state index contributed by atoms with van der Waals surface area (Å²) in [6.07, 6.45) is 8.11. The molecule has 0 unspecified atom stereocenters. The van der Waals surface area contributed by atoms with Gasteiger partial charge in [0, 0.05) is 17.1 Å². The molecule has 0 radical (unpaired) electrons. The van der Waals surface area contributed by atoms with Crippen LogP contribution in [-0.2, 0) is 0 Å². The zero-order valence-electron chi connectivity index (χ0n) is 12.5. The zero-order valence-corrected chi connectivity index (χ0v) is 12.5. The first kappa shape index (κ1) is 15.0. The second-order valence-corrected chi connectivity index (χ2v) is 5.43. The highest BCUT2D eigenvalue weighted by molar-refractivity contribution is 5.52. The molecule has 108 valence electrons. The van der Waals surface area contributed by atoms with Crippen molar-refractivity contribution in [2.45, 2.75) is 25.7 Å². The van der Waals surface area contributed by atoms with Crippen LogP contribution in [0.1, 0.15) is 31.2 Å². The van der Waals surface area contributed by atoms with E-state index in [0.29, 0.717) is 5.70 Å². The summed E-state index contributed by atoms with van der Waals surface area (Å²) in [7, 11) is 0. The molecule has 2 nitrogen and oxygen atoms in total. The number of hydrogen-bond acceptors (Lipinski definition) is 2. The van der Waals surface area contributed by atoms with Crippen LogP contribution in [0.5, 0.6) is 0 Å². The van der Waals surface area contributed by atoms with Crippen molar-refractivity contribution in [1.29, 1.82) is 0 Å². The molecule has 2 heteroatoms. The van der Waals surface area contributed by atoms with Gasteiger partial charge >= 0.3 is 0 Å². The molecule has 0 saturated heterocycles. The van der Waals surface area contributed by atoms with E-state index >= 15 is 0 Å². The van der Waals surface area contributed by atoms with Crippen molar-refractivity contribution < 1.29 is 0 Å². The number of hydrogen-bond donors (Lipinski definition) is 2. The fourth-order valence-electron chi connectivity index (χ4n) is 2.19. The number of allylic oxidation sites excluding steroid dienone is 4. The zero-order chi connectivity index (χ0) is 15.2. The normalized spacial score (nSPS) is 15.3. The summed E-state index contributed by atoms with van der Waals surface area (Å²) in [5.74, 6) is 0.781. The minimum absolute atomic E-state index is 0.645. The summed E-state index contributed by atoms with van der Waals surface area (Å²) in [5.41, 5.74) is 13.5. The predicted octanol–water partition coefficient (Wildman–Crippen LogP) is 4.62. The van der Waals surface area contributed by atoms with Gasteiger partial charge in [-0.05, 0) is 67.2 Å². The van der Waals surface area contributed by atoms with E-state index in [9.17, 15) is 0 Å². The van der Waals surface area contributed by atoms with E-state index in [0.717, 1.165) is 22.9 Å². The van der Waals surface area contributed by atoms with E-state index in [1.54, 1.807) is 6.08 Å². The number of anilines is 1. The molecule has 1 fully saturated rings. The summed E-state index contributed by atoms with van der Waals surface area (Å²) < 4.78 is 0. The maximum Gasteiger partial charge on any atom is 0.0384 e. The van der Waals surface area contributed by atoms with Crippen molar-refractivity contribution in [2.24, 2.45) is 5.73 Å². The molecule has 0 atom stereocenters. The van der Waals surface area contributed by atoms with Crippen molar-refractivity contribution in [3.63, 3.8) is 0 Å². The average molecular weight is 278 g/mol. The third-order valence-electron chi connectivity index (χ3n) is 3.33. The minimum atomic E-state index is 0.645. The highest BCUT2D eigenvalue weighted by Gasteiger charge is 2.22. The van der Waals surface area contributed by atoms with Crippen LogP contribution in [-0.4, -0.2) is 0 Å². The summed E-state index contributed by atoms with van der Waals surface area (Å²) in [4.78, 5) is 0. The van der Waals surface area contributed by atoms with Gasteiger partial charge in [-0.15, -0.1) is 5.73 Å². The van der Waals surface area contributed by atoms with Crippen molar-refractivity contribution >= 4 is 5.69 Å². The molecule has 0 spiro atoms. The van der Waals surface area contributed by atoms with E-state index in [-0.39, 0.29) is 0 Å². The van der Waals surface area contributed by atoms with Crippen molar-refractivity contribution in [1.82, 2.24) is 0 Å². The van der Waals surface area contributed by atoms with Gasteiger partial charge in [0.15, 0.2) is 0 Å². The van der Waals surface area contributed by atoms with Crippen LogP contribution in [0.2, 0.25) is 0 Å². The lowest BCUT2D eigenvalue weighted by atomic mass is 10.1. The topological polar surface area (TPSA) is 38.0 Å². The summed E-state index contributed by atoms with van der Waals surface area (Å²) in [6.45, 7) is 9.47. The maximum atomic E-state index is 5.95. The molecule has 0 bridgehead atoms. The summed E-state index contributed by atoms with van der Waals surface area (Å²) in [5, 5.41) is 3.25. The van der Waals surface area contributed by atoms with Gasteiger partial charge in [-0.1, -0.05) is 25.3 Å². The Bertz CT molecular complexity index is 622. The molecule has 3 N–H and O–H groups in total. The standard InChI is InChI=1S/C19H22N2/c1-4-5-14(2)12-18(20)13-15(3)21-19-10-8-17(9-11-19)16-6-7-16/h5,8-13,16,21H,1,3,6-7,20H2,2H3/b14-12+,18-13+. The number of rotatable bonds is 6. The Morgan fingerprint density at radius 1 is 1.29 bits per heavy atom. The quantitative estimate of drug-likeness (QED) is 0.588. The highest BCUT2D eigenvalue weighted by atomic mass is 14.9. The van der Waals surface area contributed by atoms with Gasteiger partial charge in [0.2, 0.25) is 0 Å². The first-order chi connectivity index (χ1) is 10.1. The molecule has 0 aromatic heterocycles. The first-order valence-electron chi connectivity index (χ1n) is 7.15. The molecule has 1 aromatic rings. The fourth-order valence-corrected chi connectivity index (χ4v) is 2.19. The van der Waals surface area contributed by atoms with Crippen LogP contribution < -0.4 is 11.1 Å². The average Bonchev–Trinajstić information content (AvgIpc) is 3.23. The summed E-state index contributed by atoms with van der Waals surface area (Å²) in [6, 6.07) is 8.54. The molecule has 1 saturated carbocycles. The molecule has 1 aromatic carbocycles. The SMILES string of the molecule is C=C=C/C(C)=C/C(N)=C\C(=C)Nc1ccc(C2CC2)cc1. The second kappa shape index (κ2) is 6.83.